The molecular weight excluding hydrogens is 270 g/mol. The number of nitrogens with one attached hydrogen (secondary N) is 1. The molecule has 0 saturated heterocycles. The average Bonchev–Trinajstić information content (AvgIpc) is 2.41. The van der Waals surface area contributed by atoms with E-state index in [1.54, 1.807) is 31.2 Å². The van der Waals surface area contributed by atoms with Crippen LogP contribution in [0, 0.1) is 12.3 Å². The van der Waals surface area contributed by atoms with Crippen LogP contribution >= 0.6 is 0 Å². The van der Waals surface area contributed by atoms with Gasteiger partial charge in [0.2, 0.25) is 0 Å². The summed E-state index contributed by atoms with van der Waals surface area (Å²) in [4.78, 5) is 23.2. The molecule has 0 fully saturated rings. The van der Waals surface area contributed by atoms with Gasteiger partial charge in [0.05, 0.1) is 5.41 Å². The second kappa shape index (κ2) is 5.24. The molecule has 5 nitrogen and oxygen atoms in total. The highest BCUT2D eigenvalue weighted by molar-refractivity contribution is 5.86. The van der Waals surface area contributed by atoms with Crippen LogP contribution in [-0.2, 0) is 9.59 Å². The summed E-state index contributed by atoms with van der Waals surface area (Å²) in [5.41, 5.74) is -0.749. The van der Waals surface area contributed by atoms with Gasteiger partial charge in [-0.3, -0.25) is 4.79 Å². The van der Waals surface area contributed by atoms with Gasteiger partial charge in [0, 0.05) is 12.1 Å². The van der Waals surface area contributed by atoms with Crippen LogP contribution in [0.5, 0.6) is 0 Å². The Morgan fingerprint density at radius 1 is 1.14 bits per heavy atom. The first-order chi connectivity index (χ1) is 9.77. The standard InChI is InChI=1S/C16H19NO4/c1-11-4-6-12(7-5-11)17-16(14(20)21)9-3-8-15(2,10-16)13(18)19/h3-8,17H,9-10H2,1-2H3,(H,18,19)(H,20,21). The van der Waals surface area contributed by atoms with E-state index in [0.717, 1.165) is 5.56 Å². The highest BCUT2D eigenvalue weighted by Gasteiger charge is 2.48. The maximum Gasteiger partial charge on any atom is 0.329 e. The first-order valence-electron chi connectivity index (χ1n) is 6.77. The maximum atomic E-state index is 11.8. The van der Waals surface area contributed by atoms with Gasteiger partial charge in [0.15, 0.2) is 0 Å². The molecule has 0 amide bonds. The van der Waals surface area contributed by atoms with Gasteiger partial charge < -0.3 is 15.5 Å². The Kier molecular flexibility index (Phi) is 3.77. The Morgan fingerprint density at radius 2 is 1.76 bits per heavy atom. The first-order valence-corrected chi connectivity index (χ1v) is 6.77. The third-order valence-corrected chi connectivity index (χ3v) is 3.95. The molecule has 0 aliphatic heterocycles. The van der Waals surface area contributed by atoms with Gasteiger partial charge in [-0.15, -0.1) is 0 Å². The molecule has 21 heavy (non-hydrogen) atoms. The van der Waals surface area contributed by atoms with Crippen molar-refractivity contribution >= 4 is 17.6 Å². The van der Waals surface area contributed by atoms with E-state index in [9.17, 15) is 19.8 Å². The van der Waals surface area contributed by atoms with Crippen LogP contribution in [0.4, 0.5) is 5.69 Å². The highest BCUT2D eigenvalue weighted by atomic mass is 16.4. The smallest absolute Gasteiger partial charge is 0.329 e. The molecule has 0 saturated carbocycles. The lowest BCUT2D eigenvalue weighted by molar-refractivity contribution is -0.149. The third kappa shape index (κ3) is 2.91. The largest absolute Gasteiger partial charge is 0.481 e. The van der Waals surface area contributed by atoms with Gasteiger partial charge in [0.1, 0.15) is 5.54 Å². The lowest BCUT2D eigenvalue weighted by atomic mass is 9.71. The predicted octanol–water partition coefficient (Wildman–Crippen LogP) is 2.67. The highest BCUT2D eigenvalue weighted by Crippen LogP contribution is 2.39. The average molecular weight is 289 g/mol. The van der Waals surface area contributed by atoms with Gasteiger partial charge >= 0.3 is 11.9 Å². The zero-order chi connectivity index (χ0) is 15.7. The van der Waals surface area contributed by atoms with Crippen LogP contribution < -0.4 is 5.32 Å². The second-order valence-electron chi connectivity index (χ2n) is 5.88. The van der Waals surface area contributed by atoms with Crippen molar-refractivity contribution in [3.63, 3.8) is 0 Å². The quantitative estimate of drug-likeness (QED) is 0.742. The van der Waals surface area contributed by atoms with E-state index in [1.807, 2.05) is 19.1 Å². The summed E-state index contributed by atoms with van der Waals surface area (Å²) in [5, 5.41) is 22.0. The molecule has 0 heterocycles. The van der Waals surface area contributed by atoms with Crippen molar-refractivity contribution < 1.29 is 19.8 Å². The fourth-order valence-corrected chi connectivity index (χ4v) is 2.65. The van der Waals surface area contributed by atoms with Crippen molar-refractivity contribution in [2.75, 3.05) is 5.32 Å². The summed E-state index contributed by atoms with van der Waals surface area (Å²) in [6.45, 7) is 3.49. The van der Waals surface area contributed by atoms with Crippen molar-refractivity contribution in [3.05, 3.63) is 42.0 Å². The molecule has 0 aromatic heterocycles. The molecule has 1 aliphatic rings. The summed E-state index contributed by atoms with van der Waals surface area (Å²) in [5.74, 6) is -2.06. The van der Waals surface area contributed by atoms with Crippen LogP contribution in [0.15, 0.2) is 36.4 Å². The zero-order valence-electron chi connectivity index (χ0n) is 12.1. The Balaban J connectivity index is 2.34. The van der Waals surface area contributed by atoms with Crippen LogP contribution in [0.1, 0.15) is 25.3 Å². The summed E-state index contributed by atoms with van der Waals surface area (Å²) in [7, 11) is 0. The third-order valence-electron chi connectivity index (χ3n) is 3.95. The molecule has 1 aromatic carbocycles. The number of anilines is 1. The molecule has 0 radical (unpaired) electrons. The Labute approximate surface area is 123 Å². The van der Waals surface area contributed by atoms with Crippen LogP contribution in [0.3, 0.4) is 0 Å². The predicted molar refractivity (Wildman–Crippen MR) is 79.3 cm³/mol. The number of hydrogen-bond donors (Lipinski definition) is 3. The molecule has 0 bridgehead atoms. The van der Waals surface area contributed by atoms with Crippen molar-refractivity contribution in [1.82, 2.24) is 0 Å². The van der Waals surface area contributed by atoms with Crippen molar-refractivity contribution in [3.8, 4) is 0 Å². The van der Waals surface area contributed by atoms with E-state index in [-0.39, 0.29) is 12.8 Å². The van der Waals surface area contributed by atoms with E-state index in [0.29, 0.717) is 5.69 Å². The van der Waals surface area contributed by atoms with Gasteiger partial charge in [-0.2, -0.15) is 0 Å². The van der Waals surface area contributed by atoms with Gasteiger partial charge in [-0.05, 0) is 32.4 Å². The van der Waals surface area contributed by atoms with E-state index in [1.165, 1.54) is 0 Å². The monoisotopic (exact) mass is 289 g/mol. The zero-order valence-corrected chi connectivity index (χ0v) is 12.1. The molecule has 112 valence electrons. The van der Waals surface area contributed by atoms with Crippen molar-refractivity contribution in [1.29, 1.82) is 0 Å². The van der Waals surface area contributed by atoms with Crippen molar-refractivity contribution in [2.24, 2.45) is 5.41 Å². The second-order valence-corrected chi connectivity index (χ2v) is 5.88. The SMILES string of the molecule is Cc1ccc(NC2(C(=O)O)CC=CC(C)(C(=O)O)C2)cc1. The van der Waals surface area contributed by atoms with E-state index in [4.69, 9.17) is 0 Å². The summed E-state index contributed by atoms with van der Waals surface area (Å²) < 4.78 is 0. The molecule has 2 unspecified atom stereocenters. The molecule has 2 atom stereocenters. The molecule has 1 aromatic rings. The number of aryl methyl sites for hydroxylation is 1. The van der Waals surface area contributed by atoms with Crippen LogP contribution in [0.25, 0.3) is 0 Å². The number of hydrogen-bond acceptors (Lipinski definition) is 3. The molecule has 2 rings (SSSR count). The van der Waals surface area contributed by atoms with E-state index >= 15 is 0 Å². The van der Waals surface area contributed by atoms with Crippen molar-refractivity contribution in [2.45, 2.75) is 32.2 Å². The minimum absolute atomic E-state index is 0.00492. The topological polar surface area (TPSA) is 86.6 Å². The lowest BCUT2D eigenvalue weighted by Gasteiger charge is -2.39. The Hall–Kier alpha value is -2.30. The number of benzene rings is 1. The number of carboxylic acid groups (broad SMARTS) is 2. The Morgan fingerprint density at radius 3 is 2.29 bits per heavy atom. The Bertz CT molecular complexity index is 593. The molecule has 1 aliphatic carbocycles. The number of rotatable bonds is 4. The fraction of sp³-hybridized carbons (Fsp3) is 0.375. The minimum Gasteiger partial charge on any atom is -0.481 e. The summed E-state index contributed by atoms with van der Waals surface area (Å²) in [6.07, 6.45) is 3.45. The first kappa shape index (κ1) is 15.1. The molecule has 0 spiro atoms. The van der Waals surface area contributed by atoms with Gasteiger partial charge in [-0.25, -0.2) is 4.79 Å². The van der Waals surface area contributed by atoms with Gasteiger partial charge in [0.25, 0.3) is 0 Å². The molecular formula is C16H19NO4. The molecule has 5 heteroatoms. The summed E-state index contributed by atoms with van der Waals surface area (Å²) >= 11 is 0. The maximum absolute atomic E-state index is 11.8. The minimum atomic E-state index is -1.31. The van der Waals surface area contributed by atoms with Gasteiger partial charge in [-0.1, -0.05) is 29.8 Å². The summed E-state index contributed by atoms with van der Waals surface area (Å²) in [6, 6.07) is 7.37. The number of aliphatic carboxylic acids is 2. The van der Waals surface area contributed by atoms with E-state index in [2.05, 4.69) is 5.32 Å². The normalized spacial score (nSPS) is 28.1. The van der Waals surface area contributed by atoms with E-state index < -0.39 is 22.9 Å². The van der Waals surface area contributed by atoms with Crippen LogP contribution in [-0.4, -0.2) is 27.7 Å². The van der Waals surface area contributed by atoms with Crippen LogP contribution in [0.2, 0.25) is 0 Å². The fourth-order valence-electron chi connectivity index (χ4n) is 2.65. The molecule has 3 N–H and O–H groups in total. The lowest BCUT2D eigenvalue weighted by Crippen LogP contribution is -2.52. The number of carboxylic acids is 2. The number of carbonyl (C=O) groups is 2.